The van der Waals surface area contributed by atoms with Crippen molar-refractivity contribution in [2.45, 2.75) is 20.0 Å². The Morgan fingerprint density at radius 2 is 2.14 bits per heavy atom. The van der Waals surface area contributed by atoms with Gasteiger partial charge in [0, 0.05) is 10.6 Å². The lowest BCUT2D eigenvalue weighted by Crippen LogP contribution is -2.06. The van der Waals surface area contributed by atoms with Gasteiger partial charge in [-0.05, 0) is 38.2 Å². The van der Waals surface area contributed by atoms with Gasteiger partial charge in [-0.15, -0.1) is 0 Å². The van der Waals surface area contributed by atoms with Crippen molar-refractivity contribution >= 4 is 26.4 Å². The van der Waals surface area contributed by atoms with Gasteiger partial charge in [-0.1, -0.05) is 23.7 Å². The lowest BCUT2D eigenvalue weighted by molar-refractivity contribution is 0.536. The van der Waals surface area contributed by atoms with Gasteiger partial charge in [-0.25, -0.2) is 0 Å². The van der Waals surface area contributed by atoms with Gasteiger partial charge in [-0.3, -0.25) is 0 Å². The number of hydrogen-bond acceptors (Lipinski definition) is 1. The summed E-state index contributed by atoms with van der Waals surface area (Å²) in [7, 11) is -1.04. The van der Waals surface area contributed by atoms with Crippen LogP contribution in [0.5, 0.6) is 0 Å². The van der Waals surface area contributed by atoms with E-state index in [1.807, 2.05) is 37.3 Å². The van der Waals surface area contributed by atoms with Crippen LogP contribution in [0.2, 0.25) is 18.1 Å². The first-order valence-corrected chi connectivity index (χ1v) is 7.88. The van der Waals surface area contributed by atoms with Crippen LogP contribution >= 0.6 is 11.6 Å². The zero-order valence-corrected chi connectivity index (χ0v) is 10.7. The van der Waals surface area contributed by atoms with E-state index >= 15 is 0 Å². The Labute approximate surface area is 92.1 Å². The first-order chi connectivity index (χ1) is 6.63. The van der Waals surface area contributed by atoms with E-state index in [4.69, 9.17) is 16.0 Å². The maximum absolute atomic E-state index is 5.91. The summed E-state index contributed by atoms with van der Waals surface area (Å²) in [5, 5.41) is 0.746. The van der Waals surface area contributed by atoms with Crippen LogP contribution in [0.15, 0.2) is 30.3 Å². The molecule has 1 aromatic carbocycles. The predicted octanol–water partition coefficient (Wildman–Crippen LogP) is 3.70. The topological polar surface area (TPSA) is 9.23 Å². The van der Waals surface area contributed by atoms with E-state index in [1.54, 1.807) is 0 Å². The van der Waals surface area contributed by atoms with Crippen LogP contribution < -0.4 is 0 Å². The van der Waals surface area contributed by atoms with Crippen LogP contribution in [0, 0.1) is 0 Å². The Morgan fingerprint density at radius 3 is 2.64 bits per heavy atom. The molecular weight excluding hydrogens is 212 g/mol. The SMILES string of the molecule is CC=C(O[SiH](C)C)c1cccc(Cl)c1. The summed E-state index contributed by atoms with van der Waals surface area (Å²) in [6, 6.07) is 7.74. The van der Waals surface area contributed by atoms with Gasteiger partial charge in [0.1, 0.15) is 5.76 Å². The molecule has 14 heavy (non-hydrogen) atoms. The minimum absolute atomic E-state index is 0.746. The van der Waals surface area contributed by atoms with Crippen molar-refractivity contribution in [1.29, 1.82) is 0 Å². The van der Waals surface area contributed by atoms with Crippen LogP contribution in [-0.2, 0) is 4.43 Å². The van der Waals surface area contributed by atoms with Crippen molar-refractivity contribution in [2.24, 2.45) is 0 Å². The van der Waals surface area contributed by atoms with E-state index in [0.29, 0.717) is 0 Å². The second-order valence-corrected chi connectivity index (χ2v) is 6.10. The Kier molecular flexibility index (Phi) is 4.23. The van der Waals surface area contributed by atoms with E-state index in [9.17, 15) is 0 Å². The Hall–Kier alpha value is -0.733. The number of benzene rings is 1. The highest BCUT2D eigenvalue weighted by atomic mass is 35.5. The Morgan fingerprint density at radius 1 is 1.43 bits per heavy atom. The molecule has 0 spiro atoms. The third-order valence-corrected chi connectivity index (χ3v) is 2.69. The first-order valence-electron chi connectivity index (χ1n) is 4.72. The van der Waals surface area contributed by atoms with Crippen molar-refractivity contribution in [2.75, 3.05) is 0 Å². The van der Waals surface area contributed by atoms with Crippen molar-refractivity contribution < 1.29 is 4.43 Å². The molecule has 76 valence electrons. The third-order valence-electron chi connectivity index (χ3n) is 1.73. The van der Waals surface area contributed by atoms with Crippen molar-refractivity contribution in [3.63, 3.8) is 0 Å². The molecule has 0 aromatic heterocycles. The predicted molar refractivity (Wildman–Crippen MR) is 65.1 cm³/mol. The van der Waals surface area contributed by atoms with E-state index in [-0.39, 0.29) is 0 Å². The summed E-state index contributed by atoms with van der Waals surface area (Å²) in [5.41, 5.74) is 1.06. The standard InChI is InChI=1S/C11H15ClOSi/c1-4-11(13-14(2)3)9-6-5-7-10(12)8-9/h4-8,14H,1-3H3. The summed E-state index contributed by atoms with van der Waals surface area (Å²) < 4.78 is 5.78. The number of halogens is 1. The highest BCUT2D eigenvalue weighted by molar-refractivity contribution is 6.49. The molecule has 0 amide bonds. The Balaban J connectivity index is 2.90. The van der Waals surface area contributed by atoms with Gasteiger partial charge >= 0.3 is 0 Å². The normalized spacial score (nSPS) is 11.9. The van der Waals surface area contributed by atoms with Crippen molar-refractivity contribution in [1.82, 2.24) is 0 Å². The minimum atomic E-state index is -1.04. The van der Waals surface area contributed by atoms with Gasteiger partial charge in [0.25, 0.3) is 0 Å². The minimum Gasteiger partial charge on any atom is -0.547 e. The van der Waals surface area contributed by atoms with E-state index < -0.39 is 9.04 Å². The molecule has 0 saturated carbocycles. The monoisotopic (exact) mass is 226 g/mol. The maximum atomic E-state index is 5.91. The molecule has 0 heterocycles. The molecule has 0 bridgehead atoms. The largest absolute Gasteiger partial charge is 0.547 e. The zero-order valence-electron chi connectivity index (χ0n) is 8.75. The van der Waals surface area contributed by atoms with Crippen LogP contribution in [0.25, 0.3) is 5.76 Å². The summed E-state index contributed by atoms with van der Waals surface area (Å²) in [4.78, 5) is 0. The van der Waals surface area contributed by atoms with Gasteiger partial charge < -0.3 is 4.43 Å². The lowest BCUT2D eigenvalue weighted by atomic mass is 10.2. The van der Waals surface area contributed by atoms with E-state index in [2.05, 4.69) is 13.1 Å². The van der Waals surface area contributed by atoms with Crippen LogP contribution in [0.3, 0.4) is 0 Å². The molecule has 0 aliphatic rings. The van der Waals surface area contributed by atoms with Gasteiger partial charge in [0.05, 0.1) is 0 Å². The molecule has 3 heteroatoms. The fraction of sp³-hybridized carbons (Fsp3) is 0.273. The number of allylic oxidation sites excluding steroid dienone is 1. The lowest BCUT2D eigenvalue weighted by Gasteiger charge is -2.13. The fourth-order valence-corrected chi connectivity index (χ4v) is 2.17. The molecule has 1 aromatic rings. The second kappa shape index (κ2) is 5.22. The molecule has 1 nitrogen and oxygen atoms in total. The van der Waals surface area contributed by atoms with Gasteiger partial charge in [0.15, 0.2) is 0 Å². The smallest absolute Gasteiger partial charge is 0.229 e. The quantitative estimate of drug-likeness (QED) is 0.564. The van der Waals surface area contributed by atoms with Crippen molar-refractivity contribution in [3.8, 4) is 0 Å². The number of hydrogen-bond donors (Lipinski definition) is 0. The first kappa shape index (κ1) is 11.3. The molecule has 0 saturated heterocycles. The molecule has 0 N–H and O–H groups in total. The maximum Gasteiger partial charge on any atom is 0.229 e. The van der Waals surface area contributed by atoms with Crippen LogP contribution in [-0.4, -0.2) is 9.04 Å². The summed E-state index contributed by atoms with van der Waals surface area (Å²) in [6.07, 6.45) is 1.98. The molecule has 1 rings (SSSR count). The Bertz CT molecular complexity index is 334. The van der Waals surface area contributed by atoms with E-state index in [1.165, 1.54) is 0 Å². The average molecular weight is 227 g/mol. The van der Waals surface area contributed by atoms with Gasteiger partial charge in [-0.2, -0.15) is 0 Å². The summed E-state index contributed by atoms with van der Waals surface area (Å²) >= 11 is 5.91. The molecule has 0 atom stereocenters. The molecule has 0 unspecified atom stereocenters. The molecular formula is C11H15ClOSi. The van der Waals surface area contributed by atoms with Crippen molar-refractivity contribution in [3.05, 3.63) is 40.9 Å². The second-order valence-electron chi connectivity index (χ2n) is 3.33. The summed E-state index contributed by atoms with van der Waals surface area (Å²) in [5.74, 6) is 0.939. The fourth-order valence-electron chi connectivity index (χ4n) is 1.20. The molecule has 0 aliphatic carbocycles. The highest BCUT2D eigenvalue weighted by Gasteiger charge is 2.04. The van der Waals surface area contributed by atoms with E-state index in [0.717, 1.165) is 16.3 Å². The molecule has 0 aliphatic heterocycles. The average Bonchev–Trinajstić information content (AvgIpc) is 2.14. The third kappa shape index (κ3) is 3.20. The summed E-state index contributed by atoms with van der Waals surface area (Å²) in [6.45, 7) is 6.27. The number of rotatable bonds is 3. The van der Waals surface area contributed by atoms with Crippen LogP contribution in [0.4, 0.5) is 0 Å². The molecule has 0 radical (unpaired) electrons. The van der Waals surface area contributed by atoms with Gasteiger partial charge in [0.2, 0.25) is 9.04 Å². The zero-order chi connectivity index (χ0) is 10.6. The molecule has 0 fully saturated rings. The highest BCUT2D eigenvalue weighted by Crippen LogP contribution is 2.20. The van der Waals surface area contributed by atoms with Crippen LogP contribution in [0.1, 0.15) is 12.5 Å².